The number of carbonyl (C=O) groups excluding carboxylic acids is 1. The zero-order chi connectivity index (χ0) is 23.5. The summed E-state index contributed by atoms with van der Waals surface area (Å²) in [5.41, 5.74) is 9.95. The second-order valence-electron chi connectivity index (χ2n) is 8.45. The lowest BCUT2D eigenvalue weighted by Gasteiger charge is -2.32. The Bertz CT molecular complexity index is 1300. The molecule has 0 bridgehead atoms. The smallest absolute Gasteiger partial charge is 0.253 e. The van der Waals surface area contributed by atoms with E-state index in [1.165, 1.54) is 11.9 Å². The maximum Gasteiger partial charge on any atom is 0.253 e. The van der Waals surface area contributed by atoms with Crippen LogP contribution in [0.1, 0.15) is 28.8 Å². The van der Waals surface area contributed by atoms with Crippen LogP contribution < -0.4 is 15.8 Å². The quantitative estimate of drug-likeness (QED) is 0.458. The molecule has 0 aliphatic carbocycles. The van der Waals surface area contributed by atoms with E-state index in [0.29, 0.717) is 22.7 Å². The molecule has 1 saturated heterocycles. The van der Waals surface area contributed by atoms with Crippen molar-refractivity contribution in [1.29, 1.82) is 0 Å². The van der Waals surface area contributed by atoms with E-state index < -0.39 is 0 Å². The van der Waals surface area contributed by atoms with Crippen molar-refractivity contribution in [2.45, 2.75) is 25.4 Å². The molecule has 0 spiro atoms. The van der Waals surface area contributed by atoms with Crippen molar-refractivity contribution in [2.75, 3.05) is 25.9 Å². The number of hydrogen-bond acceptors (Lipinski definition) is 7. The lowest BCUT2D eigenvalue weighted by Crippen LogP contribution is -2.44. The van der Waals surface area contributed by atoms with Crippen molar-refractivity contribution in [1.82, 2.24) is 29.8 Å². The molecule has 5 rings (SSSR count). The van der Waals surface area contributed by atoms with Crippen LogP contribution >= 0.6 is 0 Å². The first kappa shape index (κ1) is 21.8. The van der Waals surface area contributed by atoms with Crippen molar-refractivity contribution >= 4 is 17.2 Å². The summed E-state index contributed by atoms with van der Waals surface area (Å²) in [6.07, 6.45) is 4.82. The molecule has 1 amide bonds. The van der Waals surface area contributed by atoms with Gasteiger partial charge in [0.05, 0.1) is 18.4 Å². The van der Waals surface area contributed by atoms with Gasteiger partial charge in [-0.3, -0.25) is 9.69 Å². The number of piperidine rings is 1. The van der Waals surface area contributed by atoms with Crippen molar-refractivity contribution in [3.05, 3.63) is 72.2 Å². The van der Waals surface area contributed by atoms with Gasteiger partial charge in [0.2, 0.25) is 5.88 Å². The van der Waals surface area contributed by atoms with Crippen LogP contribution in [0.3, 0.4) is 0 Å². The number of hydrogen-bond donors (Lipinski definition) is 2. The molecule has 4 heterocycles. The molecule has 0 unspecified atom stereocenters. The molecule has 4 aromatic rings. The number of nitrogens with two attached hydrogens (primary N) is 1. The second-order valence-corrected chi connectivity index (χ2v) is 8.45. The van der Waals surface area contributed by atoms with Gasteiger partial charge in [-0.1, -0.05) is 30.3 Å². The van der Waals surface area contributed by atoms with Crippen molar-refractivity contribution < 1.29 is 9.53 Å². The number of pyridine rings is 1. The average molecular weight is 458 g/mol. The highest BCUT2D eigenvalue weighted by molar-refractivity contribution is 6.05. The zero-order valence-corrected chi connectivity index (χ0v) is 19.0. The van der Waals surface area contributed by atoms with Gasteiger partial charge in [-0.25, -0.2) is 14.5 Å². The number of carbonyl (C=O) groups is 1. The Hall–Kier alpha value is -3.98. The fraction of sp³-hybridized carbons (Fsp3) is 0.280. The third kappa shape index (κ3) is 4.42. The number of ether oxygens (including phenoxy) is 1. The fourth-order valence-electron chi connectivity index (χ4n) is 4.47. The van der Waals surface area contributed by atoms with Crippen LogP contribution in [0, 0.1) is 0 Å². The maximum absolute atomic E-state index is 13.3. The molecule has 0 radical (unpaired) electrons. The summed E-state index contributed by atoms with van der Waals surface area (Å²) in [6.45, 7) is 2.80. The van der Waals surface area contributed by atoms with Crippen molar-refractivity contribution in [3.63, 3.8) is 0 Å². The van der Waals surface area contributed by atoms with E-state index in [2.05, 4.69) is 49.5 Å². The molecule has 1 aliphatic rings. The lowest BCUT2D eigenvalue weighted by atomic mass is 10.0. The lowest BCUT2D eigenvalue weighted by molar-refractivity contribution is 0.0910. The van der Waals surface area contributed by atoms with Gasteiger partial charge < -0.3 is 15.8 Å². The van der Waals surface area contributed by atoms with E-state index in [-0.39, 0.29) is 17.8 Å². The van der Waals surface area contributed by atoms with Crippen LogP contribution in [0.2, 0.25) is 0 Å². The number of rotatable bonds is 6. The first-order chi connectivity index (χ1) is 16.6. The molecule has 9 nitrogen and oxygen atoms in total. The van der Waals surface area contributed by atoms with Gasteiger partial charge in [0.1, 0.15) is 11.8 Å². The Morgan fingerprint density at radius 1 is 1.15 bits per heavy atom. The summed E-state index contributed by atoms with van der Waals surface area (Å²) in [5.74, 6) is 0.556. The molecule has 1 aliphatic heterocycles. The van der Waals surface area contributed by atoms with Gasteiger partial charge in [0, 0.05) is 43.5 Å². The highest BCUT2D eigenvalue weighted by Crippen LogP contribution is 2.29. The molecular weight excluding hydrogens is 430 g/mol. The van der Waals surface area contributed by atoms with Crippen LogP contribution in [-0.2, 0) is 6.54 Å². The Morgan fingerprint density at radius 2 is 1.94 bits per heavy atom. The van der Waals surface area contributed by atoms with E-state index in [1.54, 1.807) is 30.0 Å². The predicted octanol–water partition coefficient (Wildman–Crippen LogP) is 2.78. The number of benzene rings is 1. The first-order valence-electron chi connectivity index (χ1n) is 11.3. The van der Waals surface area contributed by atoms with Gasteiger partial charge in [0.15, 0.2) is 5.82 Å². The van der Waals surface area contributed by atoms with E-state index >= 15 is 0 Å². The number of likely N-dealkylation sites (tertiary alicyclic amines) is 1. The van der Waals surface area contributed by atoms with Crippen LogP contribution in [0.15, 0.2) is 61.1 Å². The minimum Gasteiger partial charge on any atom is -0.481 e. The highest BCUT2D eigenvalue weighted by atomic mass is 16.5. The summed E-state index contributed by atoms with van der Waals surface area (Å²) in [5, 5.41) is 7.55. The predicted molar refractivity (Wildman–Crippen MR) is 129 cm³/mol. The summed E-state index contributed by atoms with van der Waals surface area (Å²) in [7, 11) is 1.56. The molecule has 0 saturated carbocycles. The second kappa shape index (κ2) is 9.48. The average Bonchev–Trinajstić information content (AvgIpc) is 3.27. The number of nitrogen functional groups attached to an aromatic ring is 1. The molecule has 1 fully saturated rings. The highest BCUT2D eigenvalue weighted by Gasteiger charge is 2.25. The van der Waals surface area contributed by atoms with E-state index in [9.17, 15) is 4.79 Å². The molecular formula is C25H27N7O2. The van der Waals surface area contributed by atoms with Crippen LogP contribution in [0.4, 0.5) is 5.82 Å². The summed E-state index contributed by atoms with van der Waals surface area (Å²) in [6, 6.07) is 16.0. The fourth-order valence-corrected chi connectivity index (χ4v) is 4.47. The molecule has 174 valence electrons. The van der Waals surface area contributed by atoms with E-state index in [0.717, 1.165) is 38.0 Å². The zero-order valence-electron chi connectivity index (χ0n) is 19.0. The van der Waals surface area contributed by atoms with Gasteiger partial charge in [-0.15, -0.1) is 0 Å². The van der Waals surface area contributed by atoms with Gasteiger partial charge in [0.25, 0.3) is 5.91 Å². The Balaban J connectivity index is 1.34. The Labute approximate surface area is 197 Å². The number of amides is 1. The maximum atomic E-state index is 13.3. The van der Waals surface area contributed by atoms with Crippen molar-refractivity contribution in [2.24, 2.45) is 0 Å². The summed E-state index contributed by atoms with van der Waals surface area (Å²) in [4.78, 5) is 24.0. The van der Waals surface area contributed by atoms with Crippen LogP contribution in [0.5, 0.6) is 5.88 Å². The number of methoxy groups -OCH3 is 1. The van der Waals surface area contributed by atoms with Gasteiger partial charge in [-0.05, 0) is 30.5 Å². The number of fused-ring (bicyclic) bond motifs is 1. The molecule has 3 aromatic heterocycles. The molecule has 3 N–H and O–H groups in total. The SMILES string of the molecule is COc1cc(-c2cc(C(=O)NC3CCN(Cc4ccccc4)CC3)c3c(N)ncnn23)ccn1. The van der Waals surface area contributed by atoms with Crippen LogP contribution in [-0.4, -0.2) is 56.6 Å². The van der Waals surface area contributed by atoms with Crippen molar-refractivity contribution in [3.8, 4) is 17.1 Å². The molecule has 1 aromatic carbocycles. The van der Waals surface area contributed by atoms with Gasteiger partial charge >= 0.3 is 0 Å². The minimum absolute atomic E-state index is 0.102. The molecule has 9 heteroatoms. The standard InChI is InChI=1S/C25H27N7O2/c1-34-22-13-18(7-10-27-22)21-14-20(23-24(26)28-16-29-32(21)23)25(33)30-19-8-11-31(12-9-19)15-17-5-3-2-4-6-17/h2-7,10,13-14,16,19H,8-9,11-12,15H2,1H3,(H,30,33)(H2,26,28,29). The molecule has 34 heavy (non-hydrogen) atoms. The van der Waals surface area contributed by atoms with E-state index in [4.69, 9.17) is 10.5 Å². The normalized spacial score (nSPS) is 14.9. The summed E-state index contributed by atoms with van der Waals surface area (Å²) < 4.78 is 6.90. The Morgan fingerprint density at radius 3 is 2.71 bits per heavy atom. The molecule has 0 atom stereocenters. The monoisotopic (exact) mass is 457 g/mol. The third-order valence-electron chi connectivity index (χ3n) is 6.24. The van der Waals surface area contributed by atoms with Gasteiger partial charge in [-0.2, -0.15) is 5.10 Å². The number of nitrogens with one attached hydrogen (secondary N) is 1. The van der Waals surface area contributed by atoms with E-state index in [1.807, 2.05) is 12.1 Å². The number of nitrogens with zero attached hydrogens (tertiary/aromatic N) is 5. The Kier molecular flexibility index (Phi) is 6.09. The first-order valence-corrected chi connectivity index (χ1v) is 11.3. The number of anilines is 1. The number of aromatic nitrogens is 4. The topological polar surface area (TPSA) is 111 Å². The third-order valence-corrected chi connectivity index (χ3v) is 6.24. The van der Waals surface area contributed by atoms with Crippen LogP contribution in [0.25, 0.3) is 16.8 Å². The summed E-state index contributed by atoms with van der Waals surface area (Å²) >= 11 is 0. The minimum atomic E-state index is -0.173. The largest absolute Gasteiger partial charge is 0.481 e.